The number of rotatable bonds is 0. The molecule has 0 aromatic rings. The van der Waals surface area contributed by atoms with Crippen LogP contribution < -0.4 is 0 Å². The average molecular weight is 186 g/mol. The smallest absolute Gasteiger partial charge is 0.438 e. The molecule has 1 aliphatic heterocycles. The molecule has 1 unspecified atom stereocenters. The summed E-state index contributed by atoms with van der Waals surface area (Å²) < 4.78 is 40.2. The molecule has 0 amide bonds. The van der Waals surface area contributed by atoms with Gasteiger partial charge in [-0.25, -0.2) is 0 Å². The van der Waals surface area contributed by atoms with E-state index in [1.807, 2.05) is 0 Å². The maximum Gasteiger partial charge on any atom is 0.438 e. The van der Waals surface area contributed by atoms with E-state index >= 15 is 0 Å². The third-order valence-corrected chi connectivity index (χ3v) is 2.53. The van der Waals surface area contributed by atoms with Gasteiger partial charge in [-0.2, -0.15) is 13.2 Å². The molecule has 1 rings (SSSR count). The van der Waals surface area contributed by atoms with Crippen molar-refractivity contribution in [2.45, 2.75) is 18.0 Å². The number of cyclic esters (lactones) is 1. The van der Waals surface area contributed by atoms with E-state index in [9.17, 15) is 18.0 Å². The molecule has 0 aliphatic carbocycles. The molecule has 1 fully saturated rings. The molecule has 2 nitrogen and oxygen atoms in total. The van der Waals surface area contributed by atoms with Gasteiger partial charge in [0.05, 0.1) is 5.75 Å². The summed E-state index contributed by atoms with van der Waals surface area (Å²) in [6.07, 6.45) is -4.48. The quantitative estimate of drug-likeness (QED) is 0.537. The molecule has 0 aromatic carbocycles. The van der Waals surface area contributed by atoms with Crippen LogP contribution >= 0.6 is 11.8 Å². The minimum atomic E-state index is -4.48. The molecular weight excluding hydrogens is 181 g/mol. The van der Waals surface area contributed by atoms with Crippen LogP contribution in [0.5, 0.6) is 0 Å². The lowest BCUT2D eigenvalue weighted by atomic mass is 10.4. The molecule has 1 heterocycles. The molecule has 0 radical (unpaired) electrons. The predicted molar refractivity (Wildman–Crippen MR) is 33.0 cm³/mol. The zero-order valence-electron chi connectivity index (χ0n) is 5.57. The molecule has 0 N–H and O–H groups in total. The van der Waals surface area contributed by atoms with Crippen molar-refractivity contribution in [3.8, 4) is 0 Å². The molecule has 0 aromatic heterocycles. The second kappa shape index (κ2) is 2.30. The Morgan fingerprint density at radius 2 is 2.18 bits per heavy atom. The van der Waals surface area contributed by atoms with Gasteiger partial charge in [0.2, 0.25) is 4.93 Å². The van der Waals surface area contributed by atoms with Crippen molar-refractivity contribution in [2.75, 3.05) is 5.75 Å². The van der Waals surface area contributed by atoms with Crippen LogP contribution in [-0.2, 0) is 9.53 Å². The predicted octanol–water partition coefficient (Wildman–Crippen LogP) is 1.55. The Bertz CT molecular complexity index is 191. The maximum absolute atomic E-state index is 12.0. The lowest BCUT2D eigenvalue weighted by molar-refractivity contribution is -0.224. The van der Waals surface area contributed by atoms with E-state index in [0.717, 1.165) is 6.92 Å². The third-order valence-electron chi connectivity index (χ3n) is 1.29. The lowest BCUT2D eigenvalue weighted by Gasteiger charge is -2.23. The van der Waals surface area contributed by atoms with Gasteiger partial charge in [-0.05, 0) is 6.92 Å². The number of esters is 1. The van der Waals surface area contributed by atoms with Crippen LogP contribution in [0.2, 0.25) is 0 Å². The molecule has 0 spiro atoms. The van der Waals surface area contributed by atoms with Gasteiger partial charge in [-0.3, -0.25) is 4.79 Å². The zero-order valence-corrected chi connectivity index (χ0v) is 6.38. The lowest BCUT2D eigenvalue weighted by Crippen LogP contribution is -2.39. The van der Waals surface area contributed by atoms with Crippen LogP contribution in [0, 0.1) is 0 Å². The minimum Gasteiger partial charge on any atom is -0.438 e. The number of hydrogen-bond acceptors (Lipinski definition) is 3. The Morgan fingerprint density at radius 3 is 2.36 bits per heavy atom. The van der Waals surface area contributed by atoms with Crippen LogP contribution in [0.15, 0.2) is 0 Å². The fraction of sp³-hybridized carbons (Fsp3) is 0.800. The van der Waals surface area contributed by atoms with Crippen LogP contribution in [0.4, 0.5) is 13.2 Å². The highest BCUT2D eigenvalue weighted by atomic mass is 32.2. The number of hydrogen-bond donors (Lipinski definition) is 0. The number of thioether (sulfide) groups is 1. The van der Waals surface area contributed by atoms with E-state index in [0.29, 0.717) is 11.8 Å². The normalized spacial score (nSPS) is 32.2. The monoisotopic (exact) mass is 186 g/mol. The van der Waals surface area contributed by atoms with Gasteiger partial charge < -0.3 is 4.74 Å². The van der Waals surface area contributed by atoms with E-state index in [1.165, 1.54) is 0 Å². The van der Waals surface area contributed by atoms with Crippen molar-refractivity contribution in [2.24, 2.45) is 0 Å². The van der Waals surface area contributed by atoms with Crippen molar-refractivity contribution in [1.29, 1.82) is 0 Å². The van der Waals surface area contributed by atoms with Crippen LogP contribution in [0.1, 0.15) is 6.92 Å². The van der Waals surface area contributed by atoms with Gasteiger partial charge >= 0.3 is 12.1 Å². The van der Waals surface area contributed by atoms with E-state index in [4.69, 9.17) is 0 Å². The topological polar surface area (TPSA) is 26.3 Å². The van der Waals surface area contributed by atoms with E-state index in [-0.39, 0.29) is 5.75 Å². The standard InChI is InChI=1S/C5H5F3O2S/c1-4(5(6,7)8)10-3(9)2-11-4/h2H2,1H3. The molecule has 11 heavy (non-hydrogen) atoms. The van der Waals surface area contributed by atoms with Gasteiger partial charge in [0.15, 0.2) is 0 Å². The van der Waals surface area contributed by atoms with Gasteiger partial charge in [-0.1, -0.05) is 11.8 Å². The van der Waals surface area contributed by atoms with Gasteiger partial charge in [-0.15, -0.1) is 0 Å². The van der Waals surface area contributed by atoms with Crippen molar-refractivity contribution in [1.82, 2.24) is 0 Å². The molecule has 1 saturated heterocycles. The summed E-state index contributed by atoms with van der Waals surface area (Å²) in [4.78, 5) is 8.03. The van der Waals surface area contributed by atoms with Crippen molar-refractivity contribution in [3.63, 3.8) is 0 Å². The first kappa shape index (κ1) is 8.70. The zero-order chi connectivity index (χ0) is 8.70. The summed E-state index contributed by atoms with van der Waals surface area (Å²) in [5.74, 6) is -1.04. The maximum atomic E-state index is 12.0. The van der Waals surface area contributed by atoms with Crippen molar-refractivity contribution >= 4 is 17.7 Å². The second-order valence-electron chi connectivity index (χ2n) is 2.21. The first-order valence-electron chi connectivity index (χ1n) is 2.78. The van der Waals surface area contributed by atoms with E-state index in [1.54, 1.807) is 0 Å². The average Bonchev–Trinajstić information content (AvgIpc) is 2.10. The molecule has 0 saturated carbocycles. The summed E-state index contributed by atoms with van der Waals surface area (Å²) in [5.41, 5.74) is 0. The SMILES string of the molecule is CC1(C(F)(F)F)OC(=O)CS1. The first-order valence-corrected chi connectivity index (χ1v) is 3.76. The van der Waals surface area contributed by atoms with E-state index < -0.39 is 17.1 Å². The Kier molecular flexibility index (Phi) is 1.82. The minimum absolute atomic E-state index is 0.226. The Labute approximate surface area is 65.1 Å². The molecule has 6 heteroatoms. The van der Waals surface area contributed by atoms with Crippen molar-refractivity contribution < 1.29 is 22.7 Å². The molecule has 64 valence electrons. The highest BCUT2D eigenvalue weighted by molar-refractivity contribution is 8.01. The summed E-state index contributed by atoms with van der Waals surface area (Å²) in [7, 11) is 0. The summed E-state index contributed by atoms with van der Waals surface area (Å²) in [5, 5.41) is 0. The van der Waals surface area contributed by atoms with Crippen molar-refractivity contribution in [3.05, 3.63) is 0 Å². The van der Waals surface area contributed by atoms with Crippen LogP contribution in [0.25, 0.3) is 0 Å². The van der Waals surface area contributed by atoms with Gasteiger partial charge in [0, 0.05) is 0 Å². The molecular formula is C5H5F3O2S. The molecule has 1 aliphatic rings. The Morgan fingerprint density at radius 1 is 1.64 bits per heavy atom. The highest BCUT2D eigenvalue weighted by Gasteiger charge is 2.58. The third kappa shape index (κ3) is 1.45. The number of ether oxygens (including phenoxy) is 1. The fourth-order valence-electron chi connectivity index (χ4n) is 0.612. The van der Waals surface area contributed by atoms with Crippen LogP contribution in [0.3, 0.4) is 0 Å². The largest absolute Gasteiger partial charge is 0.438 e. The first-order chi connectivity index (χ1) is 4.85. The van der Waals surface area contributed by atoms with E-state index in [2.05, 4.69) is 4.74 Å². The van der Waals surface area contributed by atoms with Gasteiger partial charge in [0.1, 0.15) is 0 Å². The second-order valence-corrected chi connectivity index (χ2v) is 3.56. The molecule has 1 atom stereocenters. The summed E-state index contributed by atoms with van der Waals surface area (Å²) in [6.45, 7) is 0.850. The number of alkyl halides is 3. The van der Waals surface area contributed by atoms with Crippen LogP contribution in [-0.4, -0.2) is 22.8 Å². The number of carbonyl (C=O) groups is 1. The number of carbonyl (C=O) groups excluding carboxylic acids is 1. The number of halogens is 3. The Balaban J connectivity index is 2.77. The highest BCUT2D eigenvalue weighted by Crippen LogP contribution is 2.45. The fourth-order valence-corrected chi connectivity index (χ4v) is 1.38. The summed E-state index contributed by atoms with van der Waals surface area (Å²) in [6, 6.07) is 0. The molecule has 0 bridgehead atoms. The van der Waals surface area contributed by atoms with Gasteiger partial charge in [0.25, 0.3) is 0 Å². The summed E-state index contributed by atoms with van der Waals surface area (Å²) >= 11 is 0.463. The Hall–Kier alpha value is -0.390.